The van der Waals surface area contributed by atoms with Crippen molar-refractivity contribution in [1.29, 1.82) is 5.41 Å². The Bertz CT molecular complexity index is 1570. The second-order valence-corrected chi connectivity index (χ2v) is 19.4. The Morgan fingerprint density at radius 2 is 1.51 bits per heavy atom. The number of aliphatic imine (C=N–C) groups is 1. The molecule has 0 radical (unpaired) electrons. The van der Waals surface area contributed by atoms with Gasteiger partial charge >= 0.3 is 5.75 Å². The maximum atomic E-state index is 8.62. The first kappa shape index (κ1) is 47.2. The number of hydrogen-bond donors (Lipinski definition) is 2. The van der Waals surface area contributed by atoms with Gasteiger partial charge in [-0.1, -0.05) is 87.1 Å². The van der Waals surface area contributed by atoms with E-state index in [0.29, 0.717) is 11.8 Å². The number of unbranched alkanes of at least 4 members (excludes halogenated alkanes) is 2. The lowest BCUT2D eigenvalue weighted by Crippen LogP contribution is -2.61. The third kappa shape index (κ3) is 13.8. The Balaban J connectivity index is 1.82. The van der Waals surface area contributed by atoms with Crippen molar-refractivity contribution in [3.05, 3.63) is 57.6 Å². The van der Waals surface area contributed by atoms with Crippen molar-refractivity contribution in [2.45, 2.75) is 168 Å². The fourth-order valence-corrected chi connectivity index (χ4v) is 8.78. The van der Waals surface area contributed by atoms with Gasteiger partial charge in [-0.2, -0.15) is 5.01 Å². The Hall–Kier alpha value is -2.49. The highest BCUT2D eigenvalue weighted by Gasteiger charge is 2.37. The van der Waals surface area contributed by atoms with Crippen LogP contribution in [-0.4, -0.2) is 92.1 Å². The van der Waals surface area contributed by atoms with E-state index in [4.69, 9.17) is 31.5 Å². The first-order chi connectivity index (χ1) is 27.1. The summed E-state index contributed by atoms with van der Waals surface area (Å²) < 4.78 is 14.6. The minimum atomic E-state index is -1.12. The van der Waals surface area contributed by atoms with Crippen LogP contribution >= 0.6 is 11.6 Å². The number of ether oxygens (including phenoxy) is 2. The van der Waals surface area contributed by atoms with Crippen LogP contribution < -0.4 is 14.8 Å². The molecule has 2 unspecified atom stereocenters. The average molecular weight is 809 g/mol. The van der Waals surface area contributed by atoms with Gasteiger partial charge in [0, 0.05) is 55.3 Å². The van der Waals surface area contributed by atoms with Crippen LogP contribution in [0.25, 0.3) is 0 Å². The highest BCUT2D eigenvalue weighted by molar-refractivity contribution is 6.19. The number of nitrogens with one attached hydrogen (secondary N) is 2. The smallest absolute Gasteiger partial charge is 0.322 e. The zero-order valence-electron chi connectivity index (χ0n) is 37.7. The molecule has 9 heteroatoms. The van der Waals surface area contributed by atoms with Crippen LogP contribution in [0.5, 0.6) is 11.5 Å². The lowest BCUT2D eigenvalue weighted by Gasteiger charge is -2.47. The molecule has 0 aromatic heterocycles. The molecule has 0 spiro atoms. The first-order valence-corrected chi connectivity index (χ1v) is 22.9. The minimum Gasteiger partial charge on any atom is -0.441 e. The standard InChI is InChI=1S/C48H80ClN6O2/c1-11-13-25-54(26-18-17-23-51-9)35-39-31-42(48(6,7)8)30-38(34-52-43-21-15-14-16-22-43)45(39)57-46(49)56-44-37(33-50)29-41(47(3,4)5)32-40(44)36-55(27-12-2)28-20-19-24-53(55)10/h29-34,43,46,50-51H,11-28,35-36H2,1-10H3/q+1. The van der Waals surface area contributed by atoms with Gasteiger partial charge in [0.25, 0.3) is 0 Å². The molecule has 2 aromatic carbocycles. The van der Waals surface area contributed by atoms with Gasteiger partial charge in [0.05, 0.1) is 18.7 Å². The first-order valence-electron chi connectivity index (χ1n) is 22.4. The van der Waals surface area contributed by atoms with Crippen molar-refractivity contribution in [2.24, 2.45) is 4.99 Å². The molecule has 320 valence electrons. The third-order valence-corrected chi connectivity index (χ3v) is 12.4. The molecule has 0 bridgehead atoms. The number of benzene rings is 2. The minimum absolute atomic E-state index is 0.0693. The lowest BCUT2D eigenvalue weighted by molar-refractivity contribution is -1.05. The van der Waals surface area contributed by atoms with E-state index in [1.807, 2.05) is 7.05 Å². The van der Waals surface area contributed by atoms with Gasteiger partial charge in [-0.15, -0.1) is 0 Å². The van der Waals surface area contributed by atoms with Crippen LogP contribution in [0.2, 0.25) is 0 Å². The Labute approximate surface area is 353 Å². The van der Waals surface area contributed by atoms with Gasteiger partial charge in [0.2, 0.25) is 0 Å². The highest BCUT2D eigenvalue weighted by atomic mass is 35.5. The monoisotopic (exact) mass is 808 g/mol. The molecule has 1 saturated heterocycles. The van der Waals surface area contributed by atoms with E-state index >= 15 is 0 Å². The lowest BCUT2D eigenvalue weighted by atomic mass is 9.84. The molecule has 1 heterocycles. The van der Waals surface area contributed by atoms with Crippen LogP contribution in [0, 0.1) is 5.41 Å². The molecule has 2 N–H and O–H groups in total. The Kier molecular flexibility index (Phi) is 18.4. The van der Waals surface area contributed by atoms with Gasteiger partial charge in [0.1, 0.15) is 18.0 Å². The second kappa shape index (κ2) is 22.2. The molecular weight excluding hydrogens is 728 g/mol. The van der Waals surface area contributed by atoms with Crippen LogP contribution in [0.3, 0.4) is 0 Å². The fourth-order valence-electron chi connectivity index (χ4n) is 8.60. The van der Waals surface area contributed by atoms with Crippen molar-refractivity contribution in [2.75, 3.05) is 53.4 Å². The second-order valence-electron chi connectivity index (χ2n) is 19.1. The zero-order valence-corrected chi connectivity index (χ0v) is 38.5. The quantitative estimate of drug-likeness (QED) is 0.0432. The fraction of sp³-hybridized carbons (Fsp3) is 0.708. The maximum absolute atomic E-state index is 8.62. The third-order valence-electron chi connectivity index (χ3n) is 12.2. The van der Waals surface area contributed by atoms with E-state index in [9.17, 15) is 0 Å². The molecule has 2 aromatic rings. The normalized spacial score (nSPS) is 19.4. The summed E-state index contributed by atoms with van der Waals surface area (Å²) in [5.41, 5.74) is 6.16. The van der Waals surface area contributed by atoms with Gasteiger partial charge in [-0.05, 0) is 130 Å². The van der Waals surface area contributed by atoms with E-state index < -0.39 is 5.75 Å². The molecule has 8 nitrogen and oxygen atoms in total. The summed E-state index contributed by atoms with van der Waals surface area (Å²) in [5, 5.41) is 14.5. The van der Waals surface area contributed by atoms with Gasteiger partial charge in [-0.3, -0.25) is 9.89 Å². The number of hydrogen-bond acceptors (Lipinski definition) is 7. The number of halogens is 1. The summed E-state index contributed by atoms with van der Waals surface area (Å²) in [7, 11) is 4.29. The molecular formula is C48H80ClN6O2+. The van der Waals surface area contributed by atoms with E-state index in [0.717, 1.165) is 130 Å². The summed E-state index contributed by atoms with van der Waals surface area (Å²) >= 11 is 7.31. The molecule has 2 fully saturated rings. The Morgan fingerprint density at radius 3 is 2.11 bits per heavy atom. The topological polar surface area (TPSA) is 73.2 Å². The number of nitrogens with zero attached hydrogens (tertiary/aromatic N) is 4. The predicted molar refractivity (Wildman–Crippen MR) is 243 cm³/mol. The van der Waals surface area contributed by atoms with Gasteiger partial charge < -0.3 is 20.2 Å². The van der Waals surface area contributed by atoms with E-state index in [2.05, 4.69) is 108 Å². The van der Waals surface area contributed by atoms with Crippen LogP contribution in [0.15, 0.2) is 29.3 Å². The van der Waals surface area contributed by atoms with Crippen molar-refractivity contribution in [3.63, 3.8) is 0 Å². The molecule has 4 rings (SSSR count). The summed E-state index contributed by atoms with van der Waals surface area (Å²) in [6.07, 6.45) is 17.6. The summed E-state index contributed by atoms with van der Waals surface area (Å²) in [5.74, 6) is 0.265. The SMILES string of the molecule is CCCCN(CCCCNC)Cc1cc(C(C)(C)C)cc(C=NC2CCCCC2)c1OC(Cl)Oc1c(C=N)cc(C(C)(C)C)cc1C[N+]1(CCC)CCCCN1C. The van der Waals surface area contributed by atoms with Crippen molar-refractivity contribution in [3.8, 4) is 11.5 Å². The van der Waals surface area contributed by atoms with Crippen molar-refractivity contribution >= 4 is 24.0 Å². The summed E-state index contributed by atoms with van der Waals surface area (Å²) in [6.45, 7) is 25.9. The molecule has 1 aliphatic carbocycles. The van der Waals surface area contributed by atoms with Gasteiger partial charge in [0.15, 0.2) is 0 Å². The highest BCUT2D eigenvalue weighted by Crippen LogP contribution is 2.38. The summed E-state index contributed by atoms with van der Waals surface area (Å²) in [6, 6.07) is 9.33. The van der Waals surface area contributed by atoms with Crippen LogP contribution in [0.1, 0.15) is 166 Å². The zero-order chi connectivity index (χ0) is 41.6. The number of alkyl halides is 1. The van der Waals surface area contributed by atoms with Crippen LogP contribution in [-0.2, 0) is 23.9 Å². The van der Waals surface area contributed by atoms with Crippen molar-refractivity contribution in [1.82, 2.24) is 15.2 Å². The largest absolute Gasteiger partial charge is 0.441 e. The van der Waals surface area contributed by atoms with E-state index in [1.165, 1.54) is 49.4 Å². The van der Waals surface area contributed by atoms with E-state index in [1.54, 1.807) is 0 Å². The van der Waals surface area contributed by atoms with Crippen LogP contribution in [0.4, 0.5) is 0 Å². The van der Waals surface area contributed by atoms with Gasteiger partial charge in [-0.25, -0.2) is 4.59 Å². The molecule has 1 aliphatic heterocycles. The molecule has 0 amide bonds. The predicted octanol–water partition coefficient (Wildman–Crippen LogP) is 11.0. The van der Waals surface area contributed by atoms with Crippen molar-refractivity contribution < 1.29 is 14.1 Å². The maximum Gasteiger partial charge on any atom is 0.322 e. The molecule has 2 aliphatic rings. The molecule has 2 atom stereocenters. The van der Waals surface area contributed by atoms with E-state index in [-0.39, 0.29) is 10.8 Å². The summed E-state index contributed by atoms with van der Waals surface area (Å²) in [4.78, 5) is 7.78. The average Bonchev–Trinajstić information content (AvgIpc) is 3.16. The number of rotatable bonds is 21. The Morgan fingerprint density at radius 1 is 0.877 bits per heavy atom. The number of quaternary nitrogens is 1. The molecule has 1 saturated carbocycles. The molecule has 57 heavy (non-hydrogen) atoms.